The highest BCUT2D eigenvalue weighted by molar-refractivity contribution is 9.10. The van der Waals surface area contributed by atoms with Crippen molar-refractivity contribution in [2.45, 2.75) is 13.8 Å². The van der Waals surface area contributed by atoms with Gasteiger partial charge in [-0.05, 0) is 62.4 Å². The van der Waals surface area contributed by atoms with Gasteiger partial charge < -0.3 is 9.47 Å². The second kappa shape index (κ2) is 9.31. The highest BCUT2D eigenvalue weighted by atomic mass is 79.9. The van der Waals surface area contributed by atoms with Gasteiger partial charge in [-0.3, -0.25) is 5.43 Å². The Kier molecular flexibility index (Phi) is 6.32. The summed E-state index contributed by atoms with van der Waals surface area (Å²) in [7, 11) is 0. The smallest absolute Gasteiger partial charge is 0.161 e. The fourth-order valence-electron chi connectivity index (χ4n) is 3.27. The van der Waals surface area contributed by atoms with Crippen molar-refractivity contribution < 1.29 is 13.9 Å². The predicted molar refractivity (Wildman–Crippen MR) is 124 cm³/mol. The van der Waals surface area contributed by atoms with E-state index in [2.05, 4.69) is 26.5 Å². The Morgan fingerprint density at radius 3 is 2.32 bits per heavy atom. The summed E-state index contributed by atoms with van der Waals surface area (Å²) in [6.45, 7) is 4.86. The zero-order valence-electron chi connectivity index (χ0n) is 17.2. The summed E-state index contributed by atoms with van der Waals surface area (Å²) in [6.07, 6.45) is 0. The van der Waals surface area contributed by atoms with Gasteiger partial charge in [0.1, 0.15) is 11.5 Å². The second-order valence-electron chi connectivity index (χ2n) is 6.73. The number of nitrogens with zero attached hydrogens (tertiary/aromatic N) is 2. The molecule has 1 aliphatic heterocycles. The minimum absolute atomic E-state index is 0.357. The Labute approximate surface area is 188 Å². The van der Waals surface area contributed by atoms with Gasteiger partial charge in [-0.15, -0.1) is 0 Å². The molecule has 0 radical (unpaired) electrons. The van der Waals surface area contributed by atoms with Crippen LogP contribution in [-0.2, 0) is 0 Å². The number of hydrazone groups is 1. The molecular formula is C24H21BrFN3O2. The molecular weight excluding hydrogens is 461 g/mol. The van der Waals surface area contributed by atoms with Crippen molar-refractivity contribution in [3.63, 3.8) is 0 Å². The molecule has 1 heterocycles. The van der Waals surface area contributed by atoms with Crippen LogP contribution in [0.5, 0.6) is 11.5 Å². The van der Waals surface area contributed by atoms with E-state index in [0.29, 0.717) is 47.5 Å². The molecule has 4 rings (SSSR count). The molecule has 0 aliphatic carbocycles. The highest BCUT2D eigenvalue weighted by Gasteiger charge is 2.19. The summed E-state index contributed by atoms with van der Waals surface area (Å²) < 4.78 is 26.6. The van der Waals surface area contributed by atoms with Crippen LogP contribution in [0.15, 0.2) is 75.2 Å². The van der Waals surface area contributed by atoms with E-state index in [0.717, 1.165) is 15.6 Å². The van der Waals surface area contributed by atoms with Crippen molar-refractivity contribution in [3.05, 3.63) is 87.6 Å². The molecule has 7 heteroatoms. The summed E-state index contributed by atoms with van der Waals surface area (Å²) >= 11 is 3.44. The van der Waals surface area contributed by atoms with E-state index in [1.807, 2.05) is 56.3 Å². The zero-order valence-corrected chi connectivity index (χ0v) is 18.7. The van der Waals surface area contributed by atoms with E-state index < -0.39 is 0 Å². The zero-order chi connectivity index (χ0) is 21.8. The number of aliphatic imine (C=N–C) groups is 1. The van der Waals surface area contributed by atoms with Gasteiger partial charge >= 0.3 is 0 Å². The summed E-state index contributed by atoms with van der Waals surface area (Å²) in [5.74, 6) is 1.48. The minimum Gasteiger partial charge on any atom is -0.490 e. The molecule has 1 aliphatic rings. The normalized spacial score (nSPS) is 12.8. The largest absolute Gasteiger partial charge is 0.490 e. The molecule has 0 atom stereocenters. The number of ether oxygens (including phenoxy) is 2. The van der Waals surface area contributed by atoms with Gasteiger partial charge in [-0.2, -0.15) is 5.10 Å². The number of halogens is 2. The molecule has 0 amide bonds. The molecule has 0 saturated carbocycles. The van der Waals surface area contributed by atoms with Crippen molar-refractivity contribution in [2.24, 2.45) is 10.1 Å². The summed E-state index contributed by atoms with van der Waals surface area (Å²) in [4.78, 5) is 4.71. The van der Waals surface area contributed by atoms with Gasteiger partial charge in [0, 0.05) is 21.2 Å². The van der Waals surface area contributed by atoms with Crippen LogP contribution in [0.3, 0.4) is 0 Å². The number of hydrogen-bond donors (Lipinski definition) is 1. The summed E-state index contributed by atoms with van der Waals surface area (Å²) in [5.41, 5.74) is 6.45. The van der Waals surface area contributed by atoms with E-state index in [1.165, 1.54) is 12.1 Å². The molecule has 0 unspecified atom stereocenters. The Balaban J connectivity index is 1.82. The first kappa shape index (κ1) is 21.1. The standard InChI is InChI=1S/C24H21BrFN3O2/c1-3-30-21-12-7-16(13-22(21)31-4-2)23-19-14-18(26)10-11-20(19)27-24(29-28-23)15-5-8-17(25)9-6-15/h5-14H,3-4H2,1-2H3,(H,27,29). The maximum Gasteiger partial charge on any atom is 0.161 e. The van der Waals surface area contributed by atoms with E-state index in [-0.39, 0.29) is 5.82 Å². The van der Waals surface area contributed by atoms with Crippen molar-refractivity contribution >= 4 is 33.2 Å². The van der Waals surface area contributed by atoms with Gasteiger partial charge in [-0.1, -0.05) is 28.1 Å². The lowest BCUT2D eigenvalue weighted by atomic mass is 10.00. The first-order chi connectivity index (χ1) is 15.1. The third-order valence-electron chi connectivity index (χ3n) is 4.65. The highest BCUT2D eigenvalue weighted by Crippen LogP contribution is 2.32. The van der Waals surface area contributed by atoms with Gasteiger partial charge in [0.2, 0.25) is 0 Å². The third kappa shape index (κ3) is 4.61. The molecule has 0 aromatic heterocycles. The van der Waals surface area contributed by atoms with Gasteiger partial charge in [0.25, 0.3) is 0 Å². The summed E-state index contributed by atoms with van der Waals surface area (Å²) in [6, 6.07) is 17.8. The van der Waals surface area contributed by atoms with Crippen LogP contribution in [0.4, 0.5) is 10.1 Å². The second-order valence-corrected chi connectivity index (χ2v) is 7.64. The number of amidine groups is 1. The van der Waals surface area contributed by atoms with Crippen LogP contribution in [0.1, 0.15) is 30.5 Å². The Morgan fingerprint density at radius 2 is 1.58 bits per heavy atom. The first-order valence-corrected chi connectivity index (χ1v) is 10.8. The lowest BCUT2D eigenvalue weighted by molar-refractivity contribution is 0.287. The van der Waals surface area contributed by atoms with E-state index in [4.69, 9.17) is 14.5 Å². The van der Waals surface area contributed by atoms with Crippen molar-refractivity contribution in [1.29, 1.82) is 0 Å². The van der Waals surface area contributed by atoms with Crippen LogP contribution in [0, 0.1) is 5.82 Å². The van der Waals surface area contributed by atoms with Crippen LogP contribution < -0.4 is 14.9 Å². The molecule has 3 aromatic carbocycles. The van der Waals surface area contributed by atoms with Gasteiger partial charge in [0.15, 0.2) is 17.3 Å². The van der Waals surface area contributed by atoms with Crippen molar-refractivity contribution in [1.82, 2.24) is 5.43 Å². The fourth-order valence-corrected chi connectivity index (χ4v) is 3.53. The lowest BCUT2D eigenvalue weighted by Crippen LogP contribution is -2.19. The molecule has 0 saturated heterocycles. The average molecular weight is 482 g/mol. The number of hydrogen-bond acceptors (Lipinski definition) is 5. The van der Waals surface area contributed by atoms with Gasteiger partial charge in [-0.25, -0.2) is 9.38 Å². The van der Waals surface area contributed by atoms with Crippen LogP contribution >= 0.6 is 15.9 Å². The number of rotatable bonds is 6. The quantitative estimate of drug-likeness (QED) is 0.482. The Bertz CT molecular complexity index is 1160. The van der Waals surface area contributed by atoms with Crippen LogP contribution in [0.25, 0.3) is 0 Å². The van der Waals surface area contributed by atoms with Crippen LogP contribution in [-0.4, -0.2) is 24.8 Å². The molecule has 1 N–H and O–H groups in total. The monoisotopic (exact) mass is 481 g/mol. The van der Waals surface area contributed by atoms with E-state index in [9.17, 15) is 4.39 Å². The van der Waals surface area contributed by atoms with Crippen molar-refractivity contribution in [3.8, 4) is 11.5 Å². The van der Waals surface area contributed by atoms with Gasteiger partial charge in [0.05, 0.1) is 18.9 Å². The van der Waals surface area contributed by atoms with E-state index >= 15 is 0 Å². The minimum atomic E-state index is -0.357. The van der Waals surface area contributed by atoms with Crippen LogP contribution in [0.2, 0.25) is 0 Å². The SMILES string of the molecule is CCOc1ccc(C2=NNC(c3ccc(Br)cc3)=Nc3ccc(F)cc32)cc1OCC. The molecule has 158 valence electrons. The molecule has 3 aromatic rings. The van der Waals surface area contributed by atoms with E-state index in [1.54, 1.807) is 6.07 Å². The fraction of sp³-hybridized carbons (Fsp3) is 0.167. The predicted octanol–water partition coefficient (Wildman–Crippen LogP) is 5.82. The maximum absolute atomic E-state index is 14.2. The third-order valence-corrected chi connectivity index (χ3v) is 5.18. The average Bonchev–Trinajstić information content (AvgIpc) is 2.95. The molecule has 0 spiro atoms. The Hall–Kier alpha value is -3.19. The maximum atomic E-state index is 14.2. The number of benzene rings is 3. The first-order valence-electron chi connectivity index (χ1n) is 9.97. The molecule has 31 heavy (non-hydrogen) atoms. The lowest BCUT2D eigenvalue weighted by Gasteiger charge is -2.14. The Morgan fingerprint density at radius 1 is 0.871 bits per heavy atom. The van der Waals surface area contributed by atoms with Crippen molar-refractivity contribution in [2.75, 3.05) is 13.2 Å². The molecule has 0 bridgehead atoms. The topological polar surface area (TPSA) is 55.2 Å². The molecule has 0 fully saturated rings. The number of fused-ring (bicyclic) bond motifs is 1. The molecule has 5 nitrogen and oxygen atoms in total. The number of nitrogens with one attached hydrogen (secondary N) is 1. The summed E-state index contributed by atoms with van der Waals surface area (Å²) in [5, 5.41) is 4.59.